The Morgan fingerprint density at radius 1 is 1.29 bits per heavy atom. The van der Waals surface area contributed by atoms with Gasteiger partial charge in [0, 0.05) is 6.42 Å². The molecule has 1 aromatic heterocycles. The molecule has 1 aromatic carbocycles. The Balaban J connectivity index is 1.75. The molecule has 2 aromatic rings. The molecule has 1 N–H and O–H groups in total. The van der Waals surface area contributed by atoms with E-state index in [0.29, 0.717) is 36.2 Å². The van der Waals surface area contributed by atoms with Crippen molar-refractivity contribution >= 4 is 22.9 Å². The second kappa shape index (κ2) is 6.69. The first kappa shape index (κ1) is 14.7. The number of ether oxygens (including phenoxy) is 2. The zero-order valence-electron chi connectivity index (χ0n) is 11.5. The summed E-state index contributed by atoms with van der Waals surface area (Å²) in [6.07, 6.45) is 1.78. The van der Waals surface area contributed by atoms with Crippen molar-refractivity contribution in [3.63, 3.8) is 0 Å². The summed E-state index contributed by atoms with van der Waals surface area (Å²) in [6.45, 7) is 1.21. The van der Waals surface area contributed by atoms with E-state index in [4.69, 9.17) is 21.1 Å². The van der Waals surface area contributed by atoms with Gasteiger partial charge in [-0.15, -0.1) is 0 Å². The molecule has 112 valence electrons. The van der Waals surface area contributed by atoms with Gasteiger partial charge in [-0.05, 0) is 52.9 Å². The van der Waals surface area contributed by atoms with Crippen LogP contribution in [0.1, 0.15) is 30.1 Å². The smallest absolute Gasteiger partial charge is 0.179 e. The normalized spacial score (nSPS) is 15.5. The van der Waals surface area contributed by atoms with Gasteiger partial charge >= 0.3 is 0 Å². The number of halogens is 1. The molecule has 0 saturated carbocycles. The Hall–Kier alpha value is -1.23. The first-order valence-electron chi connectivity index (χ1n) is 7.02. The third-order valence-electron chi connectivity index (χ3n) is 3.50. The van der Waals surface area contributed by atoms with E-state index in [-0.39, 0.29) is 0 Å². The summed E-state index contributed by atoms with van der Waals surface area (Å²) in [5.41, 5.74) is 2.03. The van der Waals surface area contributed by atoms with Gasteiger partial charge in [-0.1, -0.05) is 11.6 Å². The molecule has 3 rings (SSSR count). The van der Waals surface area contributed by atoms with E-state index in [1.165, 1.54) is 5.56 Å². The summed E-state index contributed by atoms with van der Waals surface area (Å²) >= 11 is 7.92. The Morgan fingerprint density at radius 3 is 2.95 bits per heavy atom. The molecule has 5 heteroatoms. The highest BCUT2D eigenvalue weighted by atomic mass is 35.5. The lowest BCUT2D eigenvalue weighted by molar-refractivity contribution is 0.167. The number of hydrogen-bond donors (Lipinski definition) is 1. The van der Waals surface area contributed by atoms with Crippen LogP contribution in [-0.4, -0.2) is 18.3 Å². The molecule has 21 heavy (non-hydrogen) atoms. The summed E-state index contributed by atoms with van der Waals surface area (Å²) < 4.78 is 11.2. The van der Waals surface area contributed by atoms with Crippen molar-refractivity contribution < 1.29 is 14.6 Å². The molecule has 0 aliphatic carbocycles. The summed E-state index contributed by atoms with van der Waals surface area (Å²) in [6, 6.07) is 5.69. The van der Waals surface area contributed by atoms with Crippen molar-refractivity contribution in [2.75, 3.05) is 13.2 Å². The number of fused-ring (bicyclic) bond motifs is 1. The number of aryl methyl sites for hydroxylation is 1. The molecule has 0 saturated heterocycles. The van der Waals surface area contributed by atoms with Crippen LogP contribution in [0.25, 0.3) is 0 Å². The average molecular weight is 325 g/mol. The summed E-state index contributed by atoms with van der Waals surface area (Å²) in [7, 11) is 0. The van der Waals surface area contributed by atoms with Crippen LogP contribution in [0.3, 0.4) is 0 Å². The van der Waals surface area contributed by atoms with Crippen LogP contribution in [0.15, 0.2) is 29.0 Å². The van der Waals surface area contributed by atoms with Gasteiger partial charge in [0.1, 0.15) is 0 Å². The quantitative estimate of drug-likeness (QED) is 0.914. The SMILES string of the molecule is OC(CCc1ccsc1)c1cc(Cl)c2c(c1)OCCCO2. The first-order chi connectivity index (χ1) is 10.2. The van der Waals surface area contributed by atoms with Crippen LogP contribution in [0.5, 0.6) is 11.5 Å². The topological polar surface area (TPSA) is 38.7 Å². The van der Waals surface area contributed by atoms with E-state index in [0.717, 1.165) is 18.4 Å². The minimum absolute atomic E-state index is 0.499. The molecular weight excluding hydrogens is 308 g/mol. The van der Waals surface area contributed by atoms with E-state index < -0.39 is 6.10 Å². The summed E-state index contributed by atoms with van der Waals surface area (Å²) in [5, 5.41) is 15.0. The number of hydrogen-bond acceptors (Lipinski definition) is 4. The largest absolute Gasteiger partial charge is 0.489 e. The lowest BCUT2D eigenvalue weighted by atomic mass is 10.0. The second-order valence-corrected chi connectivity index (χ2v) is 6.25. The summed E-state index contributed by atoms with van der Waals surface area (Å²) in [4.78, 5) is 0. The molecule has 0 amide bonds. The number of benzene rings is 1. The number of aliphatic hydroxyl groups excluding tert-OH is 1. The fourth-order valence-electron chi connectivity index (χ4n) is 2.35. The van der Waals surface area contributed by atoms with Crippen LogP contribution < -0.4 is 9.47 Å². The van der Waals surface area contributed by atoms with Crippen molar-refractivity contribution in [1.82, 2.24) is 0 Å². The highest BCUT2D eigenvalue weighted by molar-refractivity contribution is 7.07. The molecule has 1 aliphatic heterocycles. The molecule has 0 bridgehead atoms. The van der Waals surface area contributed by atoms with Gasteiger partial charge in [0.2, 0.25) is 0 Å². The fourth-order valence-corrected chi connectivity index (χ4v) is 3.32. The van der Waals surface area contributed by atoms with Gasteiger partial charge in [-0.2, -0.15) is 11.3 Å². The van der Waals surface area contributed by atoms with Crippen molar-refractivity contribution in [3.8, 4) is 11.5 Å². The molecule has 1 aliphatic rings. The third-order valence-corrected chi connectivity index (χ3v) is 4.51. The zero-order chi connectivity index (χ0) is 14.7. The van der Waals surface area contributed by atoms with E-state index in [1.54, 1.807) is 17.4 Å². The van der Waals surface area contributed by atoms with Gasteiger partial charge in [0.25, 0.3) is 0 Å². The van der Waals surface area contributed by atoms with E-state index in [9.17, 15) is 5.11 Å². The Bertz CT molecular complexity index is 598. The summed E-state index contributed by atoms with van der Waals surface area (Å²) in [5.74, 6) is 1.22. The van der Waals surface area contributed by atoms with Crippen LogP contribution in [-0.2, 0) is 6.42 Å². The predicted octanol–water partition coefficient (Wildman–Crippen LogP) is 4.23. The molecular formula is C16H17ClO3S. The maximum atomic E-state index is 10.4. The van der Waals surface area contributed by atoms with E-state index in [2.05, 4.69) is 11.4 Å². The van der Waals surface area contributed by atoms with Gasteiger partial charge in [-0.25, -0.2) is 0 Å². The van der Waals surface area contributed by atoms with Crippen molar-refractivity contribution in [2.24, 2.45) is 0 Å². The van der Waals surface area contributed by atoms with E-state index in [1.807, 2.05) is 11.4 Å². The second-order valence-electron chi connectivity index (χ2n) is 5.07. The molecule has 3 nitrogen and oxygen atoms in total. The van der Waals surface area contributed by atoms with Gasteiger partial charge in [0.15, 0.2) is 11.5 Å². The lowest BCUT2D eigenvalue weighted by Crippen LogP contribution is -2.01. The first-order valence-corrected chi connectivity index (χ1v) is 8.34. The number of thiophene rings is 1. The maximum Gasteiger partial charge on any atom is 0.179 e. The van der Waals surface area contributed by atoms with Crippen LogP contribution in [0, 0.1) is 0 Å². The standard InChI is InChI=1S/C16H17ClO3S/c17-13-8-12(9-15-16(13)20-6-1-5-19-15)14(18)3-2-11-4-7-21-10-11/h4,7-10,14,18H,1-3,5-6H2. The zero-order valence-corrected chi connectivity index (χ0v) is 13.1. The van der Waals surface area contributed by atoms with Gasteiger partial charge in [-0.3, -0.25) is 0 Å². The highest BCUT2D eigenvalue weighted by Crippen LogP contribution is 2.39. The predicted molar refractivity (Wildman–Crippen MR) is 84.7 cm³/mol. The number of aliphatic hydroxyl groups is 1. The van der Waals surface area contributed by atoms with Crippen molar-refractivity contribution in [3.05, 3.63) is 45.1 Å². The fraction of sp³-hybridized carbons (Fsp3) is 0.375. The monoisotopic (exact) mass is 324 g/mol. The van der Waals surface area contributed by atoms with Crippen molar-refractivity contribution in [1.29, 1.82) is 0 Å². The maximum absolute atomic E-state index is 10.4. The molecule has 0 spiro atoms. The minimum Gasteiger partial charge on any atom is -0.489 e. The Kier molecular flexibility index (Phi) is 4.68. The Labute approximate surface area is 133 Å². The molecule has 1 atom stereocenters. The molecule has 0 radical (unpaired) electrons. The van der Waals surface area contributed by atoms with Crippen LogP contribution in [0.2, 0.25) is 5.02 Å². The third kappa shape index (κ3) is 3.51. The minimum atomic E-state index is -0.556. The molecule has 2 heterocycles. The van der Waals surface area contributed by atoms with Crippen LogP contribution >= 0.6 is 22.9 Å². The Morgan fingerprint density at radius 2 is 2.14 bits per heavy atom. The molecule has 0 fully saturated rings. The van der Waals surface area contributed by atoms with Crippen LogP contribution in [0.4, 0.5) is 0 Å². The highest BCUT2D eigenvalue weighted by Gasteiger charge is 2.18. The average Bonchev–Trinajstić information content (AvgIpc) is 2.88. The van der Waals surface area contributed by atoms with E-state index >= 15 is 0 Å². The van der Waals surface area contributed by atoms with Gasteiger partial charge in [0.05, 0.1) is 24.3 Å². The van der Waals surface area contributed by atoms with Gasteiger partial charge < -0.3 is 14.6 Å². The molecule has 1 unspecified atom stereocenters. The number of rotatable bonds is 4. The lowest BCUT2D eigenvalue weighted by Gasteiger charge is -2.15. The van der Waals surface area contributed by atoms with Crippen molar-refractivity contribution in [2.45, 2.75) is 25.4 Å².